The Morgan fingerprint density at radius 1 is 1.24 bits per heavy atom. The summed E-state index contributed by atoms with van der Waals surface area (Å²) in [6.07, 6.45) is 3.38. The molecule has 0 bridgehead atoms. The van der Waals surface area contributed by atoms with Crippen LogP contribution in [0.3, 0.4) is 0 Å². The lowest BCUT2D eigenvalue weighted by molar-refractivity contribution is -0.156. The maximum atomic E-state index is 13.8. The summed E-state index contributed by atoms with van der Waals surface area (Å²) < 4.78 is 50.5. The lowest BCUT2D eigenvalue weighted by atomic mass is 9.98. The number of rotatable bonds is 8. The third-order valence-electron chi connectivity index (χ3n) is 5.46. The Hall–Kier alpha value is -3.05. The fourth-order valence-electron chi connectivity index (χ4n) is 3.51. The van der Waals surface area contributed by atoms with Gasteiger partial charge in [-0.1, -0.05) is 6.07 Å². The van der Waals surface area contributed by atoms with Gasteiger partial charge in [0.1, 0.15) is 4.90 Å². The number of pyridine rings is 1. The van der Waals surface area contributed by atoms with E-state index in [1.165, 1.54) is 54.0 Å². The lowest BCUT2D eigenvalue weighted by Gasteiger charge is -2.30. The number of carbonyl (C=O) groups is 2. The maximum Gasteiger partial charge on any atom is 0.309 e. The van der Waals surface area contributed by atoms with Crippen LogP contribution in [-0.4, -0.2) is 68.3 Å². The zero-order chi connectivity index (χ0) is 24.0. The van der Waals surface area contributed by atoms with Crippen LogP contribution in [0.4, 0.5) is 4.39 Å². The van der Waals surface area contributed by atoms with Crippen molar-refractivity contribution in [1.82, 2.24) is 14.2 Å². The Morgan fingerprint density at radius 3 is 2.58 bits per heavy atom. The van der Waals surface area contributed by atoms with Gasteiger partial charge in [0.05, 0.1) is 13.0 Å². The molecule has 0 atom stereocenters. The van der Waals surface area contributed by atoms with Crippen molar-refractivity contribution in [2.45, 2.75) is 24.3 Å². The minimum Gasteiger partial charge on any atom is -0.494 e. The van der Waals surface area contributed by atoms with Crippen LogP contribution in [0.5, 0.6) is 5.75 Å². The number of amides is 1. The largest absolute Gasteiger partial charge is 0.494 e. The quantitative estimate of drug-likeness (QED) is 0.532. The number of sulfonamides is 1. The Morgan fingerprint density at radius 2 is 1.97 bits per heavy atom. The highest BCUT2D eigenvalue weighted by Crippen LogP contribution is 2.24. The molecule has 9 nitrogen and oxygen atoms in total. The van der Waals surface area contributed by atoms with Crippen molar-refractivity contribution in [2.75, 3.05) is 33.9 Å². The number of nitrogens with zero attached hydrogens (tertiary/aromatic N) is 3. The standard InChI is InChI=1S/C22H26FN3O6S/c1-25(14-16-5-6-20(31-2)19(23)12-16)21(27)15-32-22(28)17-7-10-26(11-8-17)33(29,30)18-4-3-9-24-13-18/h3-6,9,12-13,17H,7-8,10-11,14-15H2,1-2H3. The second kappa shape index (κ2) is 10.7. The molecule has 0 N–H and O–H groups in total. The van der Waals surface area contributed by atoms with Crippen molar-refractivity contribution in [2.24, 2.45) is 5.92 Å². The number of benzene rings is 1. The summed E-state index contributed by atoms with van der Waals surface area (Å²) in [6.45, 7) is 0.0474. The van der Waals surface area contributed by atoms with E-state index in [1.54, 1.807) is 12.1 Å². The molecule has 0 aliphatic carbocycles. The summed E-state index contributed by atoms with van der Waals surface area (Å²) in [5.74, 6) is -1.87. The molecular weight excluding hydrogens is 453 g/mol. The van der Waals surface area contributed by atoms with Gasteiger partial charge < -0.3 is 14.4 Å². The number of hydrogen-bond acceptors (Lipinski definition) is 7. The molecule has 3 rings (SSSR count). The van der Waals surface area contributed by atoms with Crippen molar-refractivity contribution in [3.8, 4) is 5.75 Å². The van der Waals surface area contributed by atoms with E-state index in [0.29, 0.717) is 18.4 Å². The van der Waals surface area contributed by atoms with Gasteiger partial charge >= 0.3 is 5.97 Å². The first-order valence-corrected chi connectivity index (χ1v) is 11.8. The maximum absolute atomic E-state index is 13.8. The second-order valence-corrected chi connectivity index (χ2v) is 9.63. The first-order chi connectivity index (χ1) is 15.7. The molecule has 1 aromatic heterocycles. The Kier molecular flexibility index (Phi) is 7.98. The summed E-state index contributed by atoms with van der Waals surface area (Å²) in [5.41, 5.74) is 0.567. The first-order valence-electron chi connectivity index (χ1n) is 10.4. The molecule has 178 valence electrons. The molecule has 1 aromatic carbocycles. The van der Waals surface area contributed by atoms with E-state index in [9.17, 15) is 22.4 Å². The van der Waals surface area contributed by atoms with Crippen LogP contribution in [0.2, 0.25) is 0 Å². The highest BCUT2D eigenvalue weighted by atomic mass is 32.2. The highest BCUT2D eigenvalue weighted by molar-refractivity contribution is 7.89. The van der Waals surface area contributed by atoms with Gasteiger partial charge in [-0.05, 0) is 42.7 Å². The lowest BCUT2D eigenvalue weighted by Crippen LogP contribution is -2.41. The molecule has 0 saturated carbocycles. The van der Waals surface area contributed by atoms with Gasteiger partial charge in [-0.3, -0.25) is 14.6 Å². The minimum atomic E-state index is -3.66. The zero-order valence-corrected chi connectivity index (χ0v) is 19.3. The van der Waals surface area contributed by atoms with E-state index in [0.717, 1.165) is 0 Å². The molecule has 2 aromatic rings. The van der Waals surface area contributed by atoms with E-state index >= 15 is 0 Å². The summed E-state index contributed by atoms with van der Waals surface area (Å²) in [4.78, 5) is 30.0. The van der Waals surface area contributed by atoms with Gasteiger partial charge in [-0.2, -0.15) is 4.31 Å². The third kappa shape index (κ3) is 6.05. The second-order valence-electron chi connectivity index (χ2n) is 7.69. The molecule has 0 unspecified atom stereocenters. The molecule has 33 heavy (non-hydrogen) atoms. The van der Waals surface area contributed by atoms with E-state index in [2.05, 4.69) is 4.98 Å². The molecule has 1 saturated heterocycles. The smallest absolute Gasteiger partial charge is 0.309 e. The molecule has 1 fully saturated rings. The van der Waals surface area contributed by atoms with Crippen LogP contribution in [0.15, 0.2) is 47.6 Å². The molecule has 1 aliphatic heterocycles. The number of hydrogen-bond donors (Lipinski definition) is 0. The van der Waals surface area contributed by atoms with Crippen molar-refractivity contribution in [3.05, 3.63) is 54.1 Å². The van der Waals surface area contributed by atoms with Gasteiger partial charge in [-0.15, -0.1) is 0 Å². The zero-order valence-electron chi connectivity index (χ0n) is 18.4. The van der Waals surface area contributed by atoms with Crippen molar-refractivity contribution in [3.63, 3.8) is 0 Å². The summed E-state index contributed by atoms with van der Waals surface area (Å²) in [5, 5.41) is 0. The Balaban J connectivity index is 1.46. The summed E-state index contributed by atoms with van der Waals surface area (Å²) in [6, 6.07) is 7.43. The van der Waals surface area contributed by atoms with Gasteiger partial charge in [0, 0.05) is 39.1 Å². The van der Waals surface area contributed by atoms with Gasteiger partial charge in [0.15, 0.2) is 18.2 Å². The van der Waals surface area contributed by atoms with Crippen molar-refractivity contribution < 1.29 is 31.9 Å². The van der Waals surface area contributed by atoms with Gasteiger partial charge in [0.25, 0.3) is 5.91 Å². The predicted octanol–water partition coefficient (Wildman–Crippen LogP) is 1.83. The molecule has 0 radical (unpaired) electrons. The van der Waals surface area contributed by atoms with Crippen molar-refractivity contribution >= 4 is 21.9 Å². The van der Waals surface area contributed by atoms with Crippen LogP contribution >= 0.6 is 0 Å². The van der Waals surface area contributed by atoms with E-state index in [-0.39, 0.29) is 30.3 Å². The van der Waals surface area contributed by atoms with Crippen LogP contribution in [-0.2, 0) is 30.9 Å². The average molecular weight is 480 g/mol. The molecule has 1 aliphatic rings. The number of carbonyl (C=O) groups excluding carboxylic acids is 2. The number of ether oxygens (including phenoxy) is 2. The number of methoxy groups -OCH3 is 1. The average Bonchev–Trinajstić information content (AvgIpc) is 2.83. The normalized spacial score (nSPS) is 15.1. The van der Waals surface area contributed by atoms with Gasteiger partial charge in [-0.25, -0.2) is 12.8 Å². The number of halogens is 1. The molecule has 1 amide bonds. The number of aromatic nitrogens is 1. The van der Waals surface area contributed by atoms with E-state index in [4.69, 9.17) is 9.47 Å². The summed E-state index contributed by atoms with van der Waals surface area (Å²) in [7, 11) is -0.768. The molecule has 11 heteroatoms. The van der Waals surface area contributed by atoms with Crippen LogP contribution < -0.4 is 4.74 Å². The topological polar surface area (TPSA) is 106 Å². The predicted molar refractivity (Wildman–Crippen MR) is 116 cm³/mol. The van der Waals surface area contributed by atoms with E-state index in [1.807, 2.05) is 0 Å². The van der Waals surface area contributed by atoms with Gasteiger partial charge in [0.2, 0.25) is 10.0 Å². The van der Waals surface area contributed by atoms with Crippen LogP contribution in [0.1, 0.15) is 18.4 Å². The fourth-order valence-corrected chi connectivity index (χ4v) is 4.95. The minimum absolute atomic E-state index is 0.108. The molecular formula is C22H26FN3O6S. The van der Waals surface area contributed by atoms with Crippen LogP contribution in [0.25, 0.3) is 0 Å². The van der Waals surface area contributed by atoms with E-state index < -0.39 is 40.2 Å². The monoisotopic (exact) mass is 479 g/mol. The third-order valence-corrected chi connectivity index (χ3v) is 7.34. The Labute approximate surface area is 192 Å². The van der Waals surface area contributed by atoms with Crippen LogP contribution in [0, 0.1) is 11.7 Å². The van der Waals surface area contributed by atoms with Crippen molar-refractivity contribution in [1.29, 1.82) is 0 Å². The summed E-state index contributed by atoms with van der Waals surface area (Å²) >= 11 is 0. The fraction of sp³-hybridized carbons (Fsp3) is 0.409. The number of piperidine rings is 1. The SMILES string of the molecule is COc1ccc(CN(C)C(=O)COC(=O)C2CCN(S(=O)(=O)c3cccnc3)CC2)cc1F. The number of likely N-dealkylation sites (N-methyl/N-ethyl adjacent to an activating group) is 1. The Bertz CT molecular complexity index is 1090. The molecule has 2 heterocycles. The first kappa shape index (κ1) is 24.6. The number of esters is 1. The molecule has 0 spiro atoms. The highest BCUT2D eigenvalue weighted by Gasteiger charge is 2.33.